The van der Waals surface area contributed by atoms with Crippen LogP contribution in [0.15, 0.2) is 0 Å². The first-order valence-electron chi connectivity index (χ1n) is 0.200. The summed E-state index contributed by atoms with van der Waals surface area (Å²) < 4.78 is 0. The van der Waals surface area contributed by atoms with E-state index in [2.05, 4.69) is 23.3 Å². The van der Waals surface area contributed by atoms with Crippen molar-refractivity contribution in [3.8, 4) is 0 Å². The third-order valence-electron chi connectivity index (χ3n) is 0. The van der Waals surface area contributed by atoms with Gasteiger partial charge in [-0.3, -0.25) is 0 Å². The zero-order chi connectivity index (χ0) is 2.00. The van der Waals surface area contributed by atoms with Crippen molar-refractivity contribution in [3.05, 3.63) is 0 Å². The second kappa shape index (κ2) is 19.5. The van der Waals surface area contributed by atoms with Crippen LogP contribution in [-0.2, 0) is 17.1 Å². The zero-order valence-electron chi connectivity index (χ0n) is 1.20. The van der Waals surface area contributed by atoms with Gasteiger partial charge in [0.2, 0.25) is 0 Å². The predicted molar refractivity (Wildman–Crippen MR) is 27.9 cm³/mol. The van der Waals surface area contributed by atoms with Gasteiger partial charge in [0.25, 0.3) is 0 Å². The molecule has 0 unspecified atom stereocenters. The van der Waals surface area contributed by atoms with Gasteiger partial charge in [0.1, 0.15) is 0 Å². The van der Waals surface area contributed by atoms with E-state index in [0.29, 0.717) is 0 Å². The molecular weight excluding hydrogens is 242 g/mol. The van der Waals surface area contributed by atoms with Crippen molar-refractivity contribution in [1.82, 2.24) is 0 Å². The van der Waals surface area contributed by atoms with Crippen molar-refractivity contribution in [2.45, 2.75) is 0 Å². The molecule has 1 radical (unpaired) electrons. The van der Waals surface area contributed by atoms with Gasteiger partial charge >= 0.3 is 25.8 Å². The average Bonchev–Trinajstić information content (AvgIpc) is 1.00. The van der Waals surface area contributed by atoms with Crippen LogP contribution in [0.1, 0.15) is 0 Å². The summed E-state index contributed by atoms with van der Waals surface area (Å²) in [5.74, 6) is 0. The van der Waals surface area contributed by atoms with Gasteiger partial charge in [-0.15, -0.1) is 23.3 Å². The normalized spacial score (nSPS) is 1.50. The number of hydrogen-bond acceptors (Lipinski definition) is 2. The topological polar surface area (TPSA) is 0 Å². The number of rotatable bonds is 0. The summed E-state index contributed by atoms with van der Waals surface area (Å²) in [7, 11) is 0. The Morgan fingerprint density at radius 3 is 1.00 bits per heavy atom. The van der Waals surface area contributed by atoms with Crippen LogP contribution in [-0.4, -0.2) is 25.8 Å². The van der Waals surface area contributed by atoms with Crippen LogP contribution in [0.2, 0.25) is 0 Å². The Balaban J connectivity index is -0.00000000500. The van der Waals surface area contributed by atoms with E-state index >= 15 is 0 Å². The first-order chi connectivity index (χ1) is 1.00. The Bertz CT molecular complexity index is 6.00. The molecule has 0 saturated heterocycles. The maximum absolute atomic E-state index is 3.22. The van der Waals surface area contributed by atoms with Crippen molar-refractivity contribution in [2.24, 2.45) is 0 Å². The summed E-state index contributed by atoms with van der Waals surface area (Å²) in [5.41, 5.74) is 0. The Morgan fingerprint density at radius 2 is 1.00 bits per heavy atom. The zero-order valence-corrected chi connectivity index (χ0v) is 3.93. The first kappa shape index (κ1) is 16.5. The van der Waals surface area contributed by atoms with Gasteiger partial charge in [-0.2, -0.15) is 0 Å². The van der Waals surface area contributed by atoms with Gasteiger partial charge in [-0.25, -0.2) is 0 Å². The molecule has 31 valence electrons. The van der Waals surface area contributed by atoms with Crippen LogP contribution in [0.5, 0.6) is 0 Å². The van der Waals surface area contributed by atoms with Crippen molar-refractivity contribution >= 4 is 49.2 Å². The molecule has 0 nitrogen and oxygen atoms in total. The van der Waals surface area contributed by atoms with Gasteiger partial charge in [0.15, 0.2) is 0 Å². The van der Waals surface area contributed by atoms with Crippen molar-refractivity contribution in [2.75, 3.05) is 0 Å². The van der Waals surface area contributed by atoms with E-state index in [9.17, 15) is 0 Å². The Morgan fingerprint density at radius 1 is 1.00 bits per heavy atom. The summed E-state index contributed by atoms with van der Waals surface area (Å²) >= 11 is 6.44. The van der Waals surface area contributed by atoms with E-state index in [0.717, 1.165) is 0 Å². The molecule has 0 aliphatic heterocycles. The molecule has 0 saturated carbocycles. The standard InChI is InChI=1S/Cu.In.H2S2.3H/c;;1-2;;;/h;;1-2H;;;. The molecule has 0 fully saturated rings. The molecule has 4 heteroatoms. The average molecular weight is 248 g/mol. The van der Waals surface area contributed by atoms with Crippen LogP contribution in [0.3, 0.4) is 0 Å². The summed E-state index contributed by atoms with van der Waals surface area (Å²) in [6.07, 6.45) is 0. The minimum atomic E-state index is 0. The number of thiol groups is 2. The minimum absolute atomic E-state index is 0. The molecule has 0 heterocycles. The molecule has 4 heavy (non-hydrogen) atoms. The van der Waals surface area contributed by atoms with E-state index in [1.165, 1.54) is 0 Å². The predicted octanol–water partition coefficient (Wildman–Crippen LogP) is -0.425. The van der Waals surface area contributed by atoms with Crippen molar-refractivity contribution in [1.29, 1.82) is 0 Å². The van der Waals surface area contributed by atoms with Crippen LogP contribution in [0, 0.1) is 0 Å². The fourth-order valence-corrected chi connectivity index (χ4v) is 0. The summed E-state index contributed by atoms with van der Waals surface area (Å²) in [6.45, 7) is 0. The molecule has 0 aromatic rings. The third kappa shape index (κ3) is 8.94. The van der Waals surface area contributed by atoms with Crippen LogP contribution in [0.4, 0.5) is 0 Å². The molecule has 0 spiro atoms. The first-order valence-corrected chi connectivity index (χ1v) is 1.80. The van der Waals surface area contributed by atoms with Gasteiger partial charge in [-0.05, 0) is 0 Å². The second-order valence-electron chi connectivity index (χ2n) is 0. The molecule has 0 aliphatic carbocycles. The van der Waals surface area contributed by atoms with E-state index < -0.39 is 0 Å². The Hall–Kier alpha value is 2.09. The molecule has 0 bridgehead atoms. The van der Waals surface area contributed by atoms with Gasteiger partial charge in [0, 0.05) is 17.1 Å². The fraction of sp³-hybridized carbons (Fsp3) is 0. The molecule has 0 aromatic heterocycles. The second-order valence-corrected chi connectivity index (χ2v) is 0. The quantitative estimate of drug-likeness (QED) is 0.324. The van der Waals surface area contributed by atoms with Crippen molar-refractivity contribution < 1.29 is 17.1 Å². The third-order valence-corrected chi connectivity index (χ3v) is 0. The SMILES string of the molecule is SS.[Cu].[InH3]. The van der Waals surface area contributed by atoms with E-state index in [-0.39, 0.29) is 42.9 Å². The molecule has 0 atom stereocenters. The molecule has 0 amide bonds. The maximum atomic E-state index is 3.22. The van der Waals surface area contributed by atoms with Gasteiger partial charge < -0.3 is 0 Å². The van der Waals surface area contributed by atoms with Gasteiger partial charge in [0.05, 0.1) is 0 Å². The summed E-state index contributed by atoms with van der Waals surface area (Å²) in [6, 6.07) is 0. The van der Waals surface area contributed by atoms with Crippen LogP contribution < -0.4 is 0 Å². The Labute approximate surface area is 65.6 Å². The molecule has 0 rings (SSSR count). The summed E-state index contributed by atoms with van der Waals surface area (Å²) in [4.78, 5) is 0. The molecule has 0 N–H and O–H groups in total. The van der Waals surface area contributed by atoms with E-state index in [1.807, 2.05) is 0 Å². The van der Waals surface area contributed by atoms with Crippen LogP contribution >= 0.6 is 23.3 Å². The van der Waals surface area contributed by atoms with Crippen LogP contribution in [0.25, 0.3) is 0 Å². The fourth-order valence-electron chi connectivity index (χ4n) is 0. The van der Waals surface area contributed by atoms with E-state index in [1.54, 1.807) is 0 Å². The molecular formula is H5CuInS2. The monoisotopic (exact) mass is 247 g/mol. The van der Waals surface area contributed by atoms with Gasteiger partial charge in [-0.1, -0.05) is 0 Å². The van der Waals surface area contributed by atoms with E-state index in [4.69, 9.17) is 0 Å². The summed E-state index contributed by atoms with van der Waals surface area (Å²) in [5, 5.41) is 0. The number of hydrogen-bond donors (Lipinski definition) is 2. The molecule has 0 aliphatic rings. The molecule has 0 aromatic carbocycles. The Kier molecular flexibility index (Phi) is 80.5. The van der Waals surface area contributed by atoms with Crippen molar-refractivity contribution in [3.63, 3.8) is 0 Å².